The van der Waals surface area contributed by atoms with E-state index in [9.17, 15) is 4.79 Å². The molecule has 0 aliphatic carbocycles. The van der Waals surface area contributed by atoms with Gasteiger partial charge in [0.25, 0.3) is 0 Å². The van der Waals surface area contributed by atoms with Crippen molar-refractivity contribution in [3.63, 3.8) is 0 Å². The molecule has 0 spiro atoms. The summed E-state index contributed by atoms with van der Waals surface area (Å²) in [6.07, 6.45) is 0. The van der Waals surface area contributed by atoms with Crippen LogP contribution in [0.25, 0.3) is 0 Å². The number of para-hydroxylation sites is 1. The van der Waals surface area contributed by atoms with Crippen LogP contribution in [0.2, 0.25) is 0 Å². The van der Waals surface area contributed by atoms with Gasteiger partial charge in [0.2, 0.25) is 5.91 Å². The summed E-state index contributed by atoms with van der Waals surface area (Å²) in [5.74, 6) is 1.08. The van der Waals surface area contributed by atoms with Crippen LogP contribution < -0.4 is 10.1 Å². The van der Waals surface area contributed by atoms with E-state index in [2.05, 4.69) is 10.2 Å². The van der Waals surface area contributed by atoms with Crippen molar-refractivity contribution >= 4 is 30.7 Å². The number of piperazine rings is 1. The second kappa shape index (κ2) is 11.5. The highest BCUT2D eigenvalue weighted by molar-refractivity contribution is 5.85. The van der Waals surface area contributed by atoms with Gasteiger partial charge >= 0.3 is 0 Å². The number of nitrogens with one attached hydrogen (secondary N) is 1. The first-order valence-electron chi connectivity index (χ1n) is 8.33. The molecule has 3 rings (SSSR count). The van der Waals surface area contributed by atoms with Crippen molar-refractivity contribution < 1.29 is 14.3 Å². The molecule has 1 N–H and O–H groups in total. The Hall–Kier alpha value is -1.05. The largest absolute Gasteiger partial charge is 0.492 e. The lowest BCUT2D eigenvalue weighted by Gasteiger charge is -2.37. The third kappa shape index (κ3) is 6.64. The van der Waals surface area contributed by atoms with Crippen LogP contribution in [-0.4, -0.2) is 80.8 Å². The average molecular weight is 392 g/mol. The number of carbonyl (C=O) groups excluding carboxylic acids is 1. The Bertz CT molecular complexity index is 493. The van der Waals surface area contributed by atoms with E-state index in [1.807, 2.05) is 35.2 Å². The molecule has 8 heteroatoms. The van der Waals surface area contributed by atoms with E-state index in [0.717, 1.165) is 45.0 Å². The number of nitrogens with zero attached hydrogens (tertiary/aromatic N) is 2. The van der Waals surface area contributed by atoms with E-state index in [-0.39, 0.29) is 36.8 Å². The normalized spacial score (nSPS) is 21.0. The third-order valence-corrected chi connectivity index (χ3v) is 4.32. The number of rotatable bonds is 5. The number of benzene rings is 1. The topological polar surface area (TPSA) is 54.0 Å². The van der Waals surface area contributed by atoms with Crippen molar-refractivity contribution in [2.75, 3.05) is 59.1 Å². The molecule has 2 saturated heterocycles. The van der Waals surface area contributed by atoms with Crippen molar-refractivity contribution in [1.29, 1.82) is 0 Å². The van der Waals surface area contributed by atoms with Gasteiger partial charge in [-0.1, -0.05) is 18.2 Å². The fourth-order valence-electron chi connectivity index (χ4n) is 2.95. The Kier molecular flexibility index (Phi) is 10.2. The van der Waals surface area contributed by atoms with E-state index in [4.69, 9.17) is 9.47 Å². The number of carbonyl (C=O) groups is 1. The van der Waals surface area contributed by atoms with Gasteiger partial charge in [-0.05, 0) is 12.1 Å². The van der Waals surface area contributed by atoms with Crippen LogP contribution in [0.5, 0.6) is 5.75 Å². The van der Waals surface area contributed by atoms with E-state index in [1.54, 1.807) is 0 Å². The maximum absolute atomic E-state index is 12.4. The van der Waals surface area contributed by atoms with Gasteiger partial charge in [-0.3, -0.25) is 9.69 Å². The molecule has 1 amide bonds. The molecule has 25 heavy (non-hydrogen) atoms. The van der Waals surface area contributed by atoms with Crippen LogP contribution in [-0.2, 0) is 9.53 Å². The molecule has 142 valence electrons. The summed E-state index contributed by atoms with van der Waals surface area (Å²) >= 11 is 0. The van der Waals surface area contributed by atoms with Crippen LogP contribution in [0.1, 0.15) is 0 Å². The average Bonchev–Trinajstić information content (AvgIpc) is 2.63. The van der Waals surface area contributed by atoms with E-state index in [0.29, 0.717) is 19.8 Å². The molecule has 2 heterocycles. The molecule has 6 nitrogen and oxygen atoms in total. The first-order chi connectivity index (χ1) is 11.3. The maximum atomic E-state index is 12.4. The fraction of sp³-hybridized carbons (Fsp3) is 0.588. The predicted octanol–water partition coefficient (Wildman–Crippen LogP) is 1.04. The molecule has 0 bridgehead atoms. The highest BCUT2D eigenvalue weighted by Crippen LogP contribution is 2.09. The first kappa shape index (κ1) is 22.0. The lowest BCUT2D eigenvalue weighted by molar-refractivity contribution is -0.138. The lowest BCUT2D eigenvalue weighted by Crippen LogP contribution is -2.57. The molecule has 0 aromatic heterocycles. The van der Waals surface area contributed by atoms with E-state index in [1.165, 1.54) is 0 Å². The summed E-state index contributed by atoms with van der Waals surface area (Å²) in [6.45, 7) is 6.87. The van der Waals surface area contributed by atoms with Crippen molar-refractivity contribution in [3.8, 4) is 5.75 Å². The quantitative estimate of drug-likeness (QED) is 0.812. The molecule has 0 saturated carbocycles. The molecule has 1 atom stereocenters. The van der Waals surface area contributed by atoms with Gasteiger partial charge in [-0.2, -0.15) is 0 Å². The third-order valence-electron chi connectivity index (χ3n) is 4.32. The lowest BCUT2D eigenvalue weighted by atomic mass is 10.2. The van der Waals surface area contributed by atoms with Crippen molar-refractivity contribution in [1.82, 2.24) is 15.1 Å². The van der Waals surface area contributed by atoms with Gasteiger partial charge in [-0.25, -0.2) is 0 Å². The predicted molar refractivity (Wildman–Crippen MR) is 102 cm³/mol. The number of ether oxygens (including phenoxy) is 2. The zero-order chi connectivity index (χ0) is 15.9. The molecule has 2 aliphatic rings. The smallest absolute Gasteiger partial charge is 0.242 e. The van der Waals surface area contributed by atoms with E-state index >= 15 is 0 Å². The van der Waals surface area contributed by atoms with Gasteiger partial charge in [0.15, 0.2) is 0 Å². The number of amides is 1. The second-order valence-electron chi connectivity index (χ2n) is 5.91. The first-order valence-corrected chi connectivity index (χ1v) is 8.33. The summed E-state index contributed by atoms with van der Waals surface area (Å²) in [6, 6.07) is 9.70. The summed E-state index contributed by atoms with van der Waals surface area (Å²) < 4.78 is 11.1. The standard InChI is InChI=1S/C17H25N3O3.2ClH/c21-17(16-14-22-12-6-18-16)20-9-7-19(8-10-20)11-13-23-15-4-2-1-3-5-15;;/h1-5,16,18H,6-14H2;2*1H. The molecule has 0 radical (unpaired) electrons. The van der Waals surface area contributed by atoms with Gasteiger partial charge < -0.3 is 19.7 Å². The Morgan fingerprint density at radius 3 is 2.52 bits per heavy atom. The number of hydrogen-bond acceptors (Lipinski definition) is 5. The zero-order valence-electron chi connectivity index (χ0n) is 14.3. The minimum absolute atomic E-state index is 0. The summed E-state index contributed by atoms with van der Waals surface area (Å²) in [5, 5.41) is 3.23. The fourth-order valence-corrected chi connectivity index (χ4v) is 2.95. The maximum Gasteiger partial charge on any atom is 0.242 e. The number of hydrogen-bond donors (Lipinski definition) is 1. The van der Waals surface area contributed by atoms with Gasteiger partial charge in [0.1, 0.15) is 18.4 Å². The summed E-state index contributed by atoms with van der Waals surface area (Å²) in [7, 11) is 0. The Balaban J connectivity index is 0.00000156. The molecule has 2 aliphatic heterocycles. The highest BCUT2D eigenvalue weighted by atomic mass is 35.5. The van der Waals surface area contributed by atoms with Crippen LogP contribution >= 0.6 is 24.8 Å². The SMILES string of the molecule is Cl.Cl.O=C(C1COCCN1)N1CCN(CCOc2ccccc2)CC1. The molecular formula is C17H27Cl2N3O3. The Morgan fingerprint density at radius 1 is 1.16 bits per heavy atom. The number of halogens is 2. The monoisotopic (exact) mass is 391 g/mol. The van der Waals surface area contributed by atoms with E-state index < -0.39 is 0 Å². The van der Waals surface area contributed by atoms with Gasteiger partial charge in [0.05, 0.1) is 13.2 Å². The van der Waals surface area contributed by atoms with Crippen LogP contribution in [0, 0.1) is 0 Å². The second-order valence-corrected chi connectivity index (χ2v) is 5.91. The van der Waals surface area contributed by atoms with Crippen molar-refractivity contribution in [2.24, 2.45) is 0 Å². The van der Waals surface area contributed by atoms with Crippen LogP contribution in [0.3, 0.4) is 0 Å². The molecule has 2 fully saturated rings. The minimum Gasteiger partial charge on any atom is -0.492 e. The van der Waals surface area contributed by atoms with Crippen molar-refractivity contribution in [2.45, 2.75) is 6.04 Å². The zero-order valence-corrected chi connectivity index (χ0v) is 15.9. The molecule has 1 aromatic carbocycles. The van der Waals surface area contributed by atoms with Crippen LogP contribution in [0.4, 0.5) is 0 Å². The van der Waals surface area contributed by atoms with Gasteiger partial charge in [0, 0.05) is 39.3 Å². The van der Waals surface area contributed by atoms with Crippen molar-refractivity contribution in [3.05, 3.63) is 30.3 Å². The summed E-state index contributed by atoms with van der Waals surface area (Å²) in [4.78, 5) is 16.7. The number of morpholine rings is 1. The molecular weight excluding hydrogens is 365 g/mol. The minimum atomic E-state index is -0.170. The van der Waals surface area contributed by atoms with Crippen LogP contribution in [0.15, 0.2) is 30.3 Å². The molecule has 1 unspecified atom stereocenters. The highest BCUT2D eigenvalue weighted by Gasteiger charge is 2.28. The van der Waals surface area contributed by atoms with Gasteiger partial charge in [-0.15, -0.1) is 24.8 Å². The Morgan fingerprint density at radius 2 is 1.88 bits per heavy atom. The molecule has 1 aromatic rings. The summed E-state index contributed by atoms with van der Waals surface area (Å²) in [5.41, 5.74) is 0. The Labute approximate surface area is 161 Å².